The predicted octanol–water partition coefficient (Wildman–Crippen LogP) is 2.71. The van der Waals surface area contributed by atoms with Crippen molar-refractivity contribution in [3.8, 4) is 11.3 Å². The zero-order chi connectivity index (χ0) is 15.6. The van der Waals surface area contributed by atoms with Gasteiger partial charge in [-0.05, 0) is 25.0 Å². The van der Waals surface area contributed by atoms with Gasteiger partial charge in [0.25, 0.3) is 0 Å². The smallest absolute Gasteiger partial charge is 0.101 e. The number of rotatable bonds is 1. The van der Waals surface area contributed by atoms with Gasteiger partial charge >= 0.3 is 0 Å². The largest absolute Gasteiger partial charge is 0.386 e. The van der Waals surface area contributed by atoms with Crippen LogP contribution in [-0.2, 0) is 6.54 Å². The fraction of sp³-hybridized carbons (Fsp3) is 0.333. The first-order valence-electron chi connectivity index (χ1n) is 8.07. The van der Waals surface area contributed by atoms with Crippen molar-refractivity contribution in [1.82, 2.24) is 19.3 Å². The zero-order valence-corrected chi connectivity index (χ0v) is 12.9. The predicted molar refractivity (Wildman–Crippen MR) is 85.8 cm³/mol. The van der Waals surface area contributed by atoms with E-state index in [2.05, 4.69) is 38.9 Å². The normalized spacial score (nSPS) is 25.0. The van der Waals surface area contributed by atoms with Crippen LogP contribution in [0.25, 0.3) is 11.3 Å². The van der Waals surface area contributed by atoms with E-state index in [0.717, 1.165) is 30.0 Å². The van der Waals surface area contributed by atoms with Crippen LogP contribution < -0.4 is 0 Å². The third kappa shape index (κ3) is 1.71. The topological polar surface area (TPSA) is 55.9 Å². The van der Waals surface area contributed by atoms with Crippen molar-refractivity contribution in [3.63, 3.8) is 0 Å². The molecule has 5 nitrogen and oxygen atoms in total. The number of benzene rings is 1. The molecule has 3 aromatic rings. The maximum atomic E-state index is 11.0. The van der Waals surface area contributed by atoms with Crippen LogP contribution in [0.4, 0.5) is 0 Å². The first kappa shape index (κ1) is 13.1. The van der Waals surface area contributed by atoms with Crippen LogP contribution in [0.1, 0.15) is 35.5 Å². The molecule has 4 heterocycles. The number of nitrogens with zero attached hydrogens (tertiary/aromatic N) is 4. The summed E-state index contributed by atoms with van der Waals surface area (Å²) in [6.07, 6.45) is 4.22. The molecule has 1 aromatic carbocycles. The summed E-state index contributed by atoms with van der Waals surface area (Å²) in [5.74, 6) is 0.134. The van der Waals surface area contributed by atoms with Gasteiger partial charge in [-0.15, -0.1) is 0 Å². The lowest BCUT2D eigenvalue weighted by Gasteiger charge is -2.34. The van der Waals surface area contributed by atoms with E-state index >= 15 is 0 Å². The maximum Gasteiger partial charge on any atom is 0.101 e. The Morgan fingerprint density at radius 1 is 1.26 bits per heavy atom. The van der Waals surface area contributed by atoms with E-state index in [4.69, 9.17) is 0 Å². The lowest BCUT2D eigenvalue weighted by molar-refractivity contribution is 0.0525. The zero-order valence-electron chi connectivity index (χ0n) is 12.9. The van der Waals surface area contributed by atoms with Crippen LogP contribution in [0, 0.1) is 12.8 Å². The molecule has 1 N–H and O–H groups in total. The minimum Gasteiger partial charge on any atom is -0.386 e. The van der Waals surface area contributed by atoms with Crippen molar-refractivity contribution in [1.29, 1.82) is 0 Å². The molecule has 1 unspecified atom stereocenters. The molecule has 23 heavy (non-hydrogen) atoms. The van der Waals surface area contributed by atoms with Crippen molar-refractivity contribution in [2.24, 2.45) is 5.92 Å². The Labute approximate surface area is 134 Å². The molecule has 5 heteroatoms. The molecule has 2 aliphatic rings. The summed E-state index contributed by atoms with van der Waals surface area (Å²) >= 11 is 0. The highest BCUT2D eigenvalue weighted by molar-refractivity contribution is 5.69. The third-order valence-electron chi connectivity index (χ3n) is 5.24. The fourth-order valence-corrected chi connectivity index (χ4v) is 4.27. The van der Waals surface area contributed by atoms with Gasteiger partial charge in [-0.3, -0.25) is 4.68 Å². The summed E-state index contributed by atoms with van der Waals surface area (Å²) in [7, 11) is 0. The van der Waals surface area contributed by atoms with E-state index in [1.165, 1.54) is 11.1 Å². The summed E-state index contributed by atoms with van der Waals surface area (Å²) in [6, 6.07) is 10.6. The molecule has 0 fully saturated rings. The lowest BCUT2D eigenvalue weighted by Crippen LogP contribution is -2.31. The van der Waals surface area contributed by atoms with Gasteiger partial charge in [-0.2, -0.15) is 5.10 Å². The van der Waals surface area contributed by atoms with E-state index in [0.29, 0.717) is 0 Å². The molecule has 0 saturated heterocycles. The Morgan fingerprint density at radius 3 is 3.04 bits per heavy atom. The van der Waals surface area contributed by atoms with E-state index in [9.17, 15) is 5.11 Å². The van der Waals surface area contributed by atoms with Gasteiger partial charge in [-0.1, -0.05) is 24.3 Å². The Balaban J connectivity index is 1.63. The van der Waals surface area contributed by atoms with Crippen molar-refractivity contribution in [3.05, 3.63) is 59.8 Å². The number of aliphatic hydroxyl groups is 1. The summed E-state index contributed by atoms with van der Waals surface area (Å²) in [5, 5.41) is 15.5. The van der Waals surface area contributed by atoms with Crippen molar-refractivity contribution in [2.45, 2.75) is 32.0 Å². The second-order valence-electron chi connectivity index (χ2n) is 6.55. The summed E-state index contributed by atoms with van der Waals surface area (Å²) in [6.45, 7) is 2.83. The van der Waals surface area contributed by atoms with E-state index in [-0.39, 0.29) is 12.0 Å². The summed E-state index contributed by atoms with van der Waals surface area (Å²) < 4.78 is 4.17. The molecule has 0 spiro atoms. The lowest BCUT2D eigenvalue weighted by atomic mass is 9.83. The van der Waals surface area contributed by atoms with Gasteiger partial charge in [0.2, 0.25) is 0 Å². The van der Waals surface area contributed by atoms with Crippen molar-refractivity contribution < 1.29 is 5.11 Å². The highest BCUT2D eigenvalue weighted by Crippen LogP contribution is 2.48. The molecule has 116 valence electrons. The van der Waals surface area contributed by atoms with E-state index < -0.39 is 6.10 Å². The molecule has 0 aliphatic carbocycles. The quantitative estimate of drug-likeness (QED) is 0.752. The minimum atomic E-state index is -0.503. The van der Waals surface area contributed by atoms with Crippen LogP contribution >= 0.6 is 0 Å². The van der Waals surface area contributed by atoms with Crippen LogP contribution in [0.5, 0.6) is 0 Å². The molecule has 2 aliphatic heterocycles. The molecule has 0 bridgehead atoms. The van der Waals surface area contributed by atoms with Crippen molar-refractivity contribution in [2.75, 3.05) is 0 Å². The molecule has 0 radical (unpaired) electrons. The SMILES string of the molecule is Cc1cc2n(n1)CC[C@H](C1c3ccccc3-c3cncn31)[C@H]2O. The van der Waals surface area contributed by atoms with Crippen LogP contribution in [0.15, 0.2) is 42.9 Å². The molecule has 2 aromatic heterocycles. The van der Waals surface area contributed by atoms with Gasteiger partial charge in [0.05, 0.1) is 35.6 Å². The number of aliphatic hydroxyl groups excluding tert-OH is 1. The highest BCUT2D eigenvalue weighted by atomic mass is 16.3. The van der Waals surface area contributed by atoms with Gasteiger partial charge in [0, 0.05) is 18.0 Å². The first-order valence-corrected chi connectivity index (χ1v) is 8.07. The van der Waals surface area contributed by atoms with Gasteiger partial charge in [0.15, 0.2) is 0 Å². The average molecular weight is 306 g/mol. The van der Waals surface area contributed by atoms with Gasteiger partial charge in [-0.25, -0.2) is 4.98 Å². The molecule has 3 atom stereocenters. The molecular weight excluding hydrogens is 288 g/mol. The number of aromatic nitrogens is 4. The number of hydrogen-bond donors (Lipinski definition) is 1. The van der Waals surface area contributed by atoms with Crippen LogP contribution in [0.2, 0.25) is 0 Å². The number of aryl methyl sites for hydroxylation is 2. The Bertz CT molecular complexity index is 894. The first-order chi connectivity index (χ1) is 11.2. The van der Waals surface area contributed by atoms with Gasteiger partial charge < -0.3 is 9.67 Å². The maximum absolute atomic E-state index is 11.0. The standard InChI is InChI=1S/C18H18N4O/c1-11-8-15-18(23)14(6-7-22(15)20-11)17-13-5-3-2-4-12(13)16-9-19-10-21(16)17/h2-5,8-10,14,17-18,23H,6-7H2,1H3/t14-,17?,18-/m1/s1. The second-order valence-corrected chi connectivity index (χ2v) is 6.55. The van der Waals surface area contributed by atoms with Crippen LogP contribution in [0.3, 0.4) is 0 Å². The summed E-state index contributed by atoms with van der Waals surface area (Å²) in [4.78, 5) is 4.32. The average Bonchev–Trinajstić information content (AvgIpc) is 3.22. The van der Waals surface area contributed by atoms with Crippen molar-refractivity contribution >= 4 is 0 Å². The van der Waals surface area contributed by atoms with Crippen LogP contribution in [-0.4, -0.2) is 24.4 Å². The fourth-order valence-electron chi connectivity index (χ4n) is 4.27. The monoisotopic (exact) mass is 306 g/mol. The number of imidazole rings is 1. The Hall–Kier alpha value is -2.40. The highest BCUT2D eigenvalue weighted by Gasteiger charge is 2.40. The minimum absolute atomic E-state index is 0.134. The summed E-state index contributed by atoms with van der Waals surface area (Å²) in [5.41, 5.74) is 5.57. The van der Waals surface area contributed by atoms with E-state index in [1.807, 2.05) is 30.2 Å². The molecule has 0 amide bonds. The Morgan fingerprint density at radius 2 is 2.13 bits per heavy atom. The second kappa shape index (κ2) is 4.55. The number of hydrogen-bond acceptors (Lipinski definition) is 3. The Kier molecular flexibility index (Phi) is 2.59. The van der Waals surface area contributed by atoms with Gasteiger partial charge in [0.1, 0.15) is 6.10 Å². The molecule has 0 saturated carbocycles. The number of fused-ring (bicyclic) bond motifs is 4. The van der Waals surface area contributed by atoms with E-state index in [1.54, 1.807) is 0 Å². The molecule has 5 rings (SSSR count). The molecular formula is C18H18N4O. The third-order valence-corrected chi connectivity index (χ3v) is 5.24.